The Balaban J connectivity index is 2.06. The largest absolute Gasteiger partial charge is 0.457 e. The van der Waals surface area contributed by atoms with Gasteiger partial charge in [0.1, 0.15) is 5.82 Å². The first-order valence-corrected chi connectivity index (χ1v) is 10.8. The van der Waals surface area contributed by atoms with Gasteiger partial charge in [0, 0.05) is 11.6 Å². The van der Waals surface area contributed by atoms with Crippen LogP contribution in [0.3, 0.4) is 0 Å². The number of hydrogen-bond acceptors (Lipinski definition) is 6. The van der Waals surface area contributed by atoms with Crippen molar-refractivity contribution in [3.05, 3.63) is 34.1 Å². The average molecular weight is 501 g/mol. The van der Waals surface area contributed by atoms with Crippen molar-refractivity contribution in [1.29, 1.82) is 0 Å². The molecule has 2 rings (SSSR count). The van der Waals surface area contributed by atoms with Gasteiger partial charge in [0.15, 0.2) is 12.4 Å². The van der Waals surface area contributed by atoms with Crippen molar-refractivity contribution >= 4 is 39.7 Å². The van der Waals surface area contributed by atoms with Gasteiger partial charge in [0.25, 0.3) is 0 Å². The van der Waals surface area contributed by atoms with Crippen molar-refractivity contribution in [3.8, 4) is 0 Å². The number of benzene rings is 1. The second kappa shape index (κ2) is 11.2. The molecule has 8 nitrogen and oxygen atoms in total. The molecule has 1 aromatic rings. The van der Waals surface area contributed by atoms with Gasteiger partial charge in [-0.15, -0.1) is 0 Å². The highest BCUT2D eigenvalue weighted by atomic mass is 79.9. The number of amides is 2. The normalized spacial score (nSPS) is 18.3. The molecule has 1 fully saturated rings. The number of ether oxygens (including phenoxy) is 2. The molecule has 0 saturated heterocycles. The Morgan fingerprint density at radius 2 is 1.84 bits per heavy atom. The van der Waals surface area contributed by atoms with Gasteiger partial charge in [-0.3, -0.25) is 14.4 Å². The number of nitrogens with zero attached hydrogens (tertiary/aromatic N) is 1. The van der Waals surface area contributed by atoms with Crippen LogP contribution in [0.2, 0.25) is 0 Å². The van der Waals surface area contributed by atoms with E-state index in [0.29, 0.717) is 12.8 Å². The summed E-state index contributed by atoms with van der Waals surface area (Å²) in [6, 6.07) is 3.52. The number of hydrazine groups is 1. The lowest BCUT2D eigenvalue weighted by molar-refractivity contribution is -0.158. The minimum absolute atomic E-state index is 0.0815. The summed E-state index contributed by atoms with van der Waals surface area (Å²) in [4.78, 5) is 49.6. The molecular weight excluding hydrogens is 475 g/mol. The summed E-state index contributed by atoms with van der Waals surface area (Å²) in [5.74, 6) is -3.65. The van der Waals surface area contributed by atoms with Crippen LogP contribution in [0.4, 0.5) is 9.18 Å². The first kappa shape index (κ1) is 24.8. The molecule has 31 heavy (non-hydrogen) atoms. The molecular formula is C21H26BrFN2O6. The molecule has 2 atom stereocenters. The van der Waals surface area contributed by atoms with Gasteiger partial charge in [-0.05, 0) is 60.8 Å². The van der Waals surface area contributed by atoms with Gasteiger partial charge in [-0.1, -0.05) is 12.8 Å². The van der Waals surface area contributed by atoms with E-state index in [1.165, 1.54) is 19.2 Å². The number of nitrogens with one attached hydrogen (secondary N) is 1. The van der Waals surface area contributed by atoms with E-state index in [4.69, 9.17) is 4.74 Å². The maximum Gasteiger partial charge on any atom is 0.425 e. The van der Waals surface area contributed by atoms with Crippen molar-refractivity contribution in [1.82, 2.24) is 10.4 Å². The Morgan fingerprint density at radius 1 is 1.19 bits per heavy atom. The molecule has 1 aromatic carbocycles. The van der Waals surface area contributed by atoms with Gasteiger partial charge in [0.05, 0.1) is 23.4 Å². The topological polar surface area (TPSA) is 102 Å². The molecule has 1 unspecified atom stereocenters. The first-order valence-electron chi connectivity index (χ1n) is 9.98. The second-order valence-corrected chi connectivity index (χ2v) is 8.42. The lowest BCUT2D eigenvalue weighted by atomic mass is 9.78. The fourth-order valence-corrected chi connectivity index (χ4v) is 3.71. The van der Waals surface area contributed by atoms with E-state index in [9.17, 15) is 23.6 Å². The molecule has 0 radical (unpaired) electrons. The Kier molecular flexibility index (Phi) is 8.97. The molecule has 170 valence electrons. The van der Waals surface area contributed by atoms with E-state index in [1.807, 2.05) is 0 Å². The van der Waals surface area contributed by atoms with Gasteiger partial charge in [-0.25, -0.2) is 19.6 Å². The van der Waals surface area contributed by atoms with Crippen LogP contribution in [0.15, 0.2) is 22.7 Å². The molecule has 0 heterocycles. The highest BCUT2D eigenvalue weighted by molar-refractivity contribution is 9.10. The van der Waals surface area contributed by atoms with Crippen LogP contribution in [-0.2, 0) is 19.1 Å². The lowest BCUT2D eigenvalue weighted by Crippen LogP contribution is -2.54. The quantitative estimate of drug-likeness (QED) is 0.363. The monoisotopic (exact) mass is 500 g/mol. The molecule has 1 aliphatic rings. The van der Waals surface area contributed by atoms with Crippen LogP contribution in [-0.4, -0.2) is 48.5 Å². The van der Waals surface area contributed by atoms with Crippen molar-refractivity contribution in [2.75, 3.05) is 13.7 Å². The third kappa shape index (κ3) is 6.49. The van der Waals surface area contributed by atoms with E-state index < -0.39 is 48.0 Å². The van der Waals surface area contributed by atoms with Gasteiger partial charge in [-0.2, -0.15) is 0 Å². The van der Waals surface area contributed by atoms with E-state index in [2.05, 4.69) is 26.1 Å². The number of halogens is 2. The molecule has 1 saturated carbocycles. The van der Waals surface area contributed by atoms with Crippen LogP contribution in [0, 0.1) is 17.7 Å². The zero-order valence-electron chi connectivity index (χ0n) is 17.7. The molecule has 1 N–H and O–H groups in total. The van der Waals surface area contributed by atoms with Crippen molar-refractivity contribution in [2.24, 2.45) is 11.8 Å². The zero-order chi connectivity index (χ0) is 23.1. The van der Waals surface area contributed by atoms with Gasteiger partial charge in [0.2, 0.25) is 5.91 Å². The van der Waals surface area contributed by atoms with Crippen molar-refractivity contribution in [2.45, 2.75) is 45.6 Å². The molecule has 0 bridgehead atoms. The predicted molar refractivity (Wildman–Crippen MR) is 112 cm³/mol. The maximum absolute atomic E-state index is 13.6. The first-order chi connectivity index (χ1) is 14.6. The van der Waals surface area contributed by atoms with E-state index in [-0.39, 0.29) is 16.1 Å². The number of rotatable bonds is 6. The summed E-state index contributed by atoms with van der Waals surface area (Å²) in [5, 5.41) is 1.15. The standard InChI is InChI=1S/C21H26BrFN2O6/c1-12(2)25(24-21(29)30-3)19(27)14-6-4-5-7-15(14)20(28)31-11-18(26)13-8-9-16(22)17(23)10-13/h8-10,12,14-15H,4-7,11H2,1-3H3,(H,24,29)/t14?,15-/m0/s1. The molecule has 2 amide bonds. The summed E-state index contributed by atoms with van der Waals surface area (Å²) in [6.45, 7) is 2.89. The molecule has 10 heteroatoms. The number of methoxy groups -OCH3 is 1. The second-order valence-electron chi connectivity index (χ2n) is 7.56. The summed E-state index contributed by atoms with van der Waals surface area (Å²) in [7, 11) is 1.19. The minimum atomic E-state index is -0.788. The van der Waals surface area contributed by atoms with Crippen LogP contribution in [0.25, 0.3) is 0 Å². The molecule has 1 aliphatic carbocycles. The Bertz CT molecular complexity index is 847. The number of ketones is 1. The lowest BCUT2D eigenvalue weighted by Gasteiger charge is -2.35. The fraction of sp³-hybridized carbons (Fsp3) is 0.524. The maximum atomic E-state index is 13.6. The zero-order valence-corrected chi connectivity index (χ0v) is 19.2. The number of esters is 1. The van der Waals surface area contributed by atoms with Crippen molar-refractivity contribution in [3.63, 3.8) is 0 Å². The van der Waals surface area contributed by atoms with Crippen LogP contribution >= 0.6 is 15.9 Å². The van der Waals surface area contributed by atoms with Crippen LogP contribution in [0.5, 0.6) is 0 Å². The number of hydrogen-bond donors (Lipinski definition) is 1. The Hall–Kier alpha value is -2.49. The van der Waals surface area contributed by atoms with Crippen LogP contribution in [0.1, 0.15) is 49.9 Å². The summed E-state index contributed by atoms with van der Waals surface area (Å²) in [5.41, 5.74) is 2.46. The predicted octanol–water partition coefficient (Wildman–Crippen LogP) is 3.63. The van der Waals surface area contributed by atoms with Crippen molar-refractivity contribution < 1.29 is 33.0 Å². The highest BCUT2D eigenvalue weighted by Crippen LogP contribution is 2.32. The summed E-state index contributed by atoms with van der Waals surface area (Å²) < 4.78 is 23.6. The summed E-state index contributed by atoms with van der Waals surface area (Å²) in [6.07, 6.45) is 1.59. The van der Waals surface area contributed by atoms with Gasteiger partial charge < -0.3 is 9.47 Å². The number of carbonyl (C=O) groups is 4. The number of Topliss-reactive ketones (excluding diaryl/α,β-unsaturated/α-hetero) is 1. The van der Waals surface area contributed by atoms with E-state index in [1.54, 1.807) is 13.8 Å². The number of carbonyl (C=O) groups excluding carboxylic acids is 4. The molecule has 0 spiro atoms. The van der Waals surface area contributed by atoms with E-state index >= 15 is 0 Å². The minimum Gasteiger partial charge on any atom is -0.457 e. The van der Waals surface area contributed by atoms with Gasteiger partial charge >= 0.3 is 12.1 Å². The smallest absolute Gasteiger partial charge is 0.425 e. The Morgan fingerprint density at radius 3 is 2.42 bits per heavy atom. The third-order valence-corrected chi connectivity index (χ3v) is 5.77. The highest BCUT2D eigenvalue weighted by Gasteiger charge is 2.40. The van der Waals surface area contributed by atoms with E-state index in [0.717, 1.165) is 23.9 Å². The molecule has 0 aromatic heterocycles. The van der Waals surface area contributed by atoms with Crippen LogP contribution < -0.4 is 5.43 Å². The Labute approximate surface area is 188 Å². The fourth-order valence-electron chi connectivity index (χ4n) is 3.47. The molecule has 0 aliphatic heterocycles. The average Bonchev–Trinajstić information content (AvgIpc) is 2.76. The summed E-state index contributed by atoms with van der Waals surface area (Å²) >= 11 is 3.01. The third-order valence-electron chi connectivity index (χ3n) is 5.12. The SMILES string of the molecule is COC(=O)NN(C(=O)C1CCCC[C@@H]1C(=O)OCC(=O)c1ccc(Br)c(F)c1)C(C)C.